The minimum absolute atomic E-state index is 0.0754. The highest BCUT2D eigenvalue weighted by atomic mass is 35.5. The summed E-state index contributed by atoms with van der Waals surface area (Å²) >= 11 is 13.4. The molecule has 0 amide bonds. The summed E-state index contributed by atoms with van der Waals surface area (Å²) in [7, 11) is 0. The van der Waals surface area contributed by atoms with Gasteiger partial charge in [-0.05, 0) is 84.3 Å². The summed E-state index contributed by atoms with van der Waals surface area (Å²) in [5.74, 6) is 0. The lowest BCUT2D eigenvalue weighted by molar-refractivity contribution is 0.660. The topological polar surface area (TPSA) is 0 Å². The fourth-order valence-electron chi connectivity index (χ4n) is 6.25. The van der Waals surface area contributed by atoms with Crippen LogP contribution in [0, 0.1) is 0 Å². The van der Waals surface area contributed by atoms with Crippen LogP contribution in [0.25, 0.3) is 54.9 Å². The SMILES string of the molecule is CC1(C)c2ccccc2-c2c(-c3cc(Cl)c(Cl)cc3-c3cc4ccccc4c4ccccc34)cccc21. The van der Waals surface area contributed by atoms with Crippen LogP contribution in [0.3, 0.4) is 0 Å². The molecule has 0 heterocycles. The summed E-state index contributed by atoms with van der Waals surface area (Å²) < 4.78 is 0. The van der Waals surface area contributed by atoms with E-state index in [1.165, 1.54) is 49.4 Å². The molecule has 0 bridgehead atoms. The summed E-state index contributed by atoms with van der Waals surface area (Å²) in [6, 6.07) is 39.0. The van der Waals surface area contributed by atoms with Crippen molar-refractivity contribution >= 4 is 44.7 Å². The molecule has 0 saturated carbocycles. The van der Waals surface area contributed by atoms with Gasteiger partial charge in [-0.3, -0.25) is 0 Å². The maximum Gasteiger partial charge on any atom is 0.0598 e. The highest BCUT2D eigenvalue weighted by Gasteiger charge is 2.36. The molecule has 1 aliphatic carbocycles. The Morgan fingerprint density at radius 1 is 0.459 bits per heavy atom. The maximum absolute atomic E-state index is 6.71. The van der Waals surface area contributed by atoms with Crippen molar-refractivity contribution in [3.8, 4) is 33.4 Å². The van der Waals surface area contributed by atoms with E-state index in [4.69, 9.17) is 23.2 Å². The average Bonchev–Trinajstić information content (AvgIpc) is 3.16. The number of hydrogen-bond acceptors (Lipinski definition) is 0. The Labute approximate surface area is 227 Å². The molecule has 0 nitrogen and oxygen atoms in total. The smallest absolute Gasteiger partial charge is 0.0598 e. The van der Waals surface area contributed by atoms with Gasteiger partial charge in [-0.15, -0.1) is 0 Å². The molecule has 2 heteroatoms. The molecule has 0 aromatic heterocycles. The van der Waals surface area contributed by atoms with E-state index in [0.717, 1.165) is 16.7 Å². The predicted molar refractivity (Wildman–Crippen MR) is 160 cm³/mol. The number of fused-ring (bicyclic) bond motifs is 6. The lowest BCUT2D eigenvalue weighted by Crippen LogP contribution is -2.14. The highest BCUT2D eigenvalue weighted by Crippen LogP contribution is 2.53. The molecular formula is C35H24Cl2. The third kappa shape index (κ3) is 3.29. The van der Waals surface area contributed by atoms with Gasteiger partial charge in [0.25, 0.3) is 0 Å². The van der Waals surface area contributed by atoms with E-state index in [0.29, 0.717) is 10.0 Å². The van der Waals surface area contributed by atoms with Gasteiger partial charge in [0.15, 0.2) is 0 Å². The van der Waals surface area contributed by atoms with Crippen LogP contribution >= 0.6 is 23.2 Å². The van der Waals surface area contributed by atoms with Crippen LogP contribution in [-0.2, 0) is 5.41 Å². The highest BCUT2D eigenvalue weighted by molar-refractivity contribution is 6.42. The van der Waals surface area contributed by atoms with Crippen LogP contribution < -0.4 is 0 Å². The molecular weight excluding hydrogens is 491 g/mol. The largest absolute Gasteiger partial charge is 0.0827 e. The molecule has 7 rings (SSSR count). The van der Waals surface area contributed by atoms with Crippen molar-refractivity contribution in [2.75, 3.05) is 0 Å². The monoisotopic (exact) mass is 514 g/mol. The van der Waals surface area contributed by atoms with Crippen LogP contribution in [0.5, 0.6) is 0 Å². The molecule has 0 radical (unpaired) electrons. The Morgan fingerprint density at radius 3 is 1.81 bits per heavy atom. The van der Waals surface area contributed by atoms with Crippen LogP contribution in [0.15, 0.2) is 109 Å². The standard InChI is InChI=1S/C35H24Cl2/c1-35(2)30-16-8-7-14-26(30)34-25(15-9-17-31(34)35)28-19-32(36)33(37)20-29(28)27-18-21-10-3-4-11-22(21)23-12-5-6-13-24(23)27/h3-20H,1-2H3. The van der Waals surface area contributed by atoms with Gasteiger partial charge < -0.3 is 0 Å². The lowest BCUT2D eigenvalue weighted by Gasteiger charge is -2.22. The minimum atomic E-state index is -0.0754. The zero-order valence-electron chi connectivity index (χ0n) is 20.6. The first-order valence-electron chi connectivity index (χ1n) is 12.6. The van der Waals surface area contributed by atoms with Gasteiger partial charge in [0.2, 0.25) is 0 Å². The Morgan fingerprint density at radius 2 is 1.03 bits per heavy atom. The van der Waals surface area contributed by atoms with Crippen molar-refractivity contribution in [2.45, 2.75) is 19.3 Å². The van der Waals surface area contributed by atoms with Crippen LogP contribution in [0.2, 0.25) is 10.0 Å². The van der Waals surface area contributed by atoms with Crippen LogP contribution in [0.4, 0.5) is 0 Å². The van der Waals surface area contributed by atoms with Crippen molar-refractivity contribution in [1.29, 1.82) is 0 Å². The van der Waals surface area contributed by atoms with Crippen molar-refractivity contribution < 1.29 is 0 Å². The molecule has 0 atom stereocenters. The third-order valence-electron chi connectivity index (χ3n) is 8.02. The summed E-state index contributed by atoms with van der Waals surface area (Å²) in [4.78, 5) is 0. The second-order valence-corrected chi connectivity index (χ2v) is 11.2. The van der Waals surface area contributed by atoms with Gasteiger partial charge >= 0.3 is 0 Å². The fraction of sp³-hybridized carbons (Fsp3) is 0.0857. The second-order valence-electron chi connectivity index (χ2n) is 10.4. The minimum Gasteiger partial charge on any atom is -0.0827 e. The Hall–Kier alpha value is -3.58. The molecule has 1 aliphatic rings. The molecule has 37 heavy (non-hydrogen) atoms. The van der Waals surface area contributed by atoms with Crippen molar-refractivity contribution in [1.82, 2.24) is 0 Å². The van der Waals surface area contributed by atoms with Gasteiger partial charge in [0, 0.05) is 5.41 Å². The average molecular weight is 515 g/mol. The first-order chi connectivity index (χ1) is 17.9. The van der Waals surface area contributed by atoms with E-state index in [-0.39, 0.29) is 5.41 Å². The first kappa shape index (κ1) is 22.6. The number of rotatable bonds is 2. The molecule has 0 aliphatic heterocycles. The van der Waals surface area contributed by atoms with E-state index >= 15 is 0 Å². The number of hydrogen-bond donors (Lipinski definition) is 0. The number of halogens is 2. The van der Waals surface area contributed by atoms with Gasteiger partial charge in [-0.2, -0.15) is 0 Å². The van der Waals surface area contributed by atoms with Gasteiger partial charge in [-0.25, -0.2) is 0 Å². The fourth-order valence-corrected chi connectivity index (χ4v) is 6.58. The van der Waals surface area contributed by atoms with E-state index in [1.54, 1.807) is 0 Å². The molecule has 0 unspecified atom stereocenters. The molecule has 178 valence electrons. The van der Waals surface area contributed by atoms with Crippen LogP contribution in [0.1, 0.15) is 25.0 Å². The molecule has 0 spiro atoms. The summed E-state index contributed by atoms with van der Waals surface area (Å²) in [6.45, 7) is 4.63. The first-order valence-corrected chi connectivity index (χ1v) is 13.3. The second kappa shape index (κ2) is 8.21. The van der Waals surface area contributed by atoms with E-state index in [1.807, 2.05) is 12.1 Å². The molecule has 0 saturated heterocycles. The molecule has 6 aromatic rings. The maximum atomic E-state index is 6.71. The molecule has 0 N–H and O–H groups in total. The third-order valence-corrected chi connectivity index (χ3v) is 8.74. The molecule has 6 aromatic carbocycles. The summed E-state index contributed by atoms with van der Waals surface area (Å²) in [5, 5.41) is 6.02. The Bertz CT molecular complexity index is 1880. The van der Waals surface area contributed by atoms with Crippen molar-refractivity contribution in [3.63, 3.8) is 0 Å². The zero-order valence-corrected chi connectivity index (χ0v) is 22.2. The zero-order chi connectivity index (χ0) is 25.3. The number of benzene rings is 6. The van der Waals surface area contributed by atoms with Crippen molar-refractivity contribution in [2.24, 2.45) is 0 Å². The van der Waals surface area contributed by atoms with Crippen LogP contribution in [-0.4, -0.2) is 0 Å². The normalized spacial score (nSPS) is 13.6. The van der Waals surface area contributed by atoms with E-state index in [2.05, 4.69) is 111 Å². The lowest BCUT2D eigenvalue weighted by atomic mass is 9.81. The Balaban J connectivity index is 1.60. The van der Waals surface area contributed by atoms with E-state index < -0.39 is 0 Å². The van der Waals surface area contributed by atoms with Gasteiger partial charge in [-0.1, -0.05) is 128 Å². The van der Waals surface area contributed by atoms with E-state index in [9.17, 15) is 0 Å². The predicted octanol–water partition coefficient (Wildman–Crippen LogP) is 10.9. The van der Waals surface area contributed by atoms with Gasteiger partial charge in [0.1, 0.15) is 0 Å². The quantitative estimate of drug-likeness (QED) is 0.201. The molecule has 0 fully saturated rings. The Kier molecular flexibility index (Phi) is 5.02. The summed E-state index contributed by atoms with van der Waals surface area (Å²) in [6.07, 6.45) is 0. The van der Waals surface area contributed by atoms with Crippen molar-refractivity contribution in [3.05, 3.63) is 130 Å². The van der Waals surface area contributed by atoms with Gasteiger partial charge in [0.05, 0.1) is 10.0 Å². The summed E-state index contributed by atoms with van der Waals surface area (Å²) in [5.41, 5.74) is 9.72.